The highest BCUT2D eigenvalue weighted by Gasteiger charge is 2.50. The van der Waals surface area contributed by atoms with Crippen molar-refractivity contribution in [1.82, 2.24) is 9.80 Å². The molecule has 21 heavy (non-hydrogen) atoms. The third kappa shape index (κ3) is 2.97. The fraction of sp³-hybridized carbons (Fsp3) is 0.800. The summed E-state index contributed by atoms with van der Waals surface area (Å²) in [5.41, 5.74) is 0. The molecule has 0 bridgehead atoms. The monoisotopic (exact) mass is 293 g/mol. The summed E-state index contributed by atoms with van der Waals surface area (Å²) in [5, 5.41) is 18.4. The molecule has 0 radical (unpaired) electrons. The normalized spacial score (nSPS) is 28.8. The topological polar surface area (TPSA) is 84.6 Å². The van der Waals surface area contributed by atoms with Crippen LogP contribution >= 0.6 is 0 Å². The molecule has 0 aromatic carbocycles. The summed E-state index contributed by atoms with van der Waals surface area (Å²) >= 11 is 0. The Morgan fingerprint density at radius 1 is 1.48 bits per heavy atom. The lowest BCUT2D eigenvalue weighted by molar-refractivity contribution is -0.142. The first-order valence-corrected chi connectivity index (χ1v) is 7.67. The van der Waals surface area contributed by atoms with Crippen molar-refractivity contribution in [3.8, 4) is 6.07 Å². The zero-order valence-electron chi connectivity index (χ0n) is 12.7. The molecule has 1 saturated heterocycles. The minimum absolute atomic E-state index is 0.0959. The zero-order chi connectivity index (χ0) is 15.6. The predicted octanol–water partition coefficient (Wildman–Crippen LogP) is 1.77. The Morgan fingerprint density at radius 3 is 2.76 bits per heavy atom. The largest absolute Gasteiger partial charge is 0.480 e. The number of likely N-dealkylation sites (tertiary alicyclic amines) is 1. The van der Waals surface area contributed by atoms with Gasteiger partial charge in [-0.3, -0.25) is 0 Å². The lowest BCUT2D eigenvalue weighted by atomic mass is 9.94. The number of carbonyl (C=O) groups is 2. The van der Waals surface area contributed by atoms with Gasteiger partial charge in [-0.25, -0.2) is 9.59 Å². The van der Waals surface area contributed by atoms with Crippen molar-refractivity contribution in [2.24, 2.45) is 17.8 Å². The maximum atomic E-state index is 12.7. The molecule has 2 rings (SSSR count). The van der Waals surface area contributed by atoms with Crippen LogP contribution in [0.5, 0.6) is 0 Å². The van der Waals surface area contributed by atoms with Crippen LogP contribution in [0.2, 0.25) is 0 Å². The van der Waals surface area contributed by atoms with Gasteiger partial charge in [0.15, 0.2) is 0 Å². The SMILES string of the molecule is CCN(CC(C)C#N)C(=O)N1CC2CCCC2C1C(=O)O. The second-order valence-corrected chi connectivity index (χ2v) is 6.14. The second-order valence-electron chi connectivity index (χ2n) is 6.14. The van der Waals surface area contributed by atoms with Gasteiger partial charge in [0, 0.05) is 19.6 Å². The fourth-order valence-corrected chi connectivity index (χ4v) is 3.71. The molecule has 2 amide bonds. The summed E-state index contributed by atoms with van der Waals surface area (Å²) in [7, 11) is 0. The maximum absolute atomic E-state index is 12.7. The Labute approximate surface area is 125 Å². The number of nitriles is 1. The van der Waals surface area contributed by atoms with Gasteiger partial charge in [0.05, 0.1) is 12.0 Å². The van der Waals surface area contributed by atoms with E-state index in [4.69, 9.17) is 5.26 Å². The molecular weight excluding hydrogens is 270 g/mol. The van der Waals surface area contributed by atoms with Crippen molar-refractivity contribution >= 4 is 12.0 Å². The van der Waals surface area contributed by atoms with Gasteiger partial charge < -0.3 is 14.9 Å². The van der Waals surface area contributed by atoms with E-state index < -0.39 is 12.0 Å². The van der Waals surface area contributed by atoms with Crippen LogP contribution in [0.25, 0.3) is 0 Å². The number of aliphatic carboxylic acids is 1. The molecule has 2 fully saturated rings. The molecule has 4 unspecified atom stereocenters. The molecule has 0 aromatic heterocycles. The summed E-state index contributed by atoms with van der Waals surface area (Å²) in [6.45, 7) is 5.00. The first-order valence-electron chi connectivity index (χ1n) is 7.67. The van der Waals surface area contributed by atoms with Crippen LogP contribution in [-0.2, 0) is 4.79 Å². The van der Waals surface area contributed by atoms with Gasteiger partial charge in [-0.05, 0) is 38.5 Å². The Hall–Kier alpha value is -1.77. The number of carbonyl (C=O) groups excluding carboxylic acids is 1. The standard InChI is InChI=1S/C15H23N3O3/c1-3-17(8-10(2)7-16)15(21)18-9-11-5-4-6-12(11)13(18)14(19)20/h10-13H,3-6,8-9H2,1-2H3,(H,19,20). The van der Waals surface area contributed by atoms with Gasteiger partial charge in [0.1, 0.15) is 6.04 Å². The summed E-state index contributed by atoms with van der Waals surface area (Å²) in [6, 6.07) is 1.19. The van der Waals surface area contributed by atoms with E-state index in [1.54, 1.807) is 11.8 Å². The van der Waals surface area contributed by atoms with Crippen LogP contribution in [0, 0.1) is 29.1 Å². The first-order chi connectivity index (χ1) is 9.99. The lowest BCUT2D eigenvalue weighted by Gasteiger charge is -2.31. The van der Waals surface area contributed by atoms with Crippen molar-refractivity contribution in [2.75, 3.05) is 19.6 Å². The molecule has 0 spiro atoms. The summed E-state index contributed by atoms with van der Waals surface area (Å²) in [5.74, 6) is -0.734. The van der Waals surface area contributed by atoms with Gasteiger partial charge in [-0.2, -0.15) is 5.26 Å². The molecule has 6 nitrogen and oxygen atoms in total. The van der Waals surface area contributed by atoms with Crippen LogP contribution in [0.3, 0.4) is 0 Å². The van der Waals surface area contributed by atoms with Gasteiger partial charge in [-0.15, -0.1) is 0 Å². The number of fused-ring (bicyclic) bond motifs is 1. The molecule has 6 heteroatoms. The Balaban J connectivity index is 2.13. The van der Waals surface area contributed by atoms with Crippen LogP contribution < -0.4 is 0 Å². The number of carboxylic acid groups (broad SMARTS) is 1. The quantitative estimate of drug-likeness (QED) is 0.856. The number of carboxylic acids is 1. The number of hydrogen-bond donors (Lipinski definition) is 1. The Morgan fingerprint density at radius 2 is 2.19 bits per heavy atom. The van der Waals surface area contributed by atoms with Crippen molar-refractivity contribution in [1.29, 1.82) is 5.26 Å². The Kier molecular flexibility index (Phi) is 4.71. The Bertz CT molecular complexity index is 460. The number of urea groups is 1. The zero-order valence-corrected chi connectivity index (χ0v) is 12.7. The highest BCUT2D eigenvalue weighted by atomic mass is 16.4. The van der Waals surface area contributed by atoms with E-state index in [1.807, 2.05) is 6.92 Å². The van der Waals surface area contributed by atoms with E-state index in [0.29, 0.717) is 25.6 Å². The summed E-state index contributed by atoms with van der Waals surface area (Å²) < 4.78 is 0. The van der Waals surface area contributed by atoms with E-state index in [9.17, 15) is 14.7 Å². The van der Waals surface area contributed by atoms with Crippen molar-refractivity contribution < 1.29 is 14.7 Å². The second kappa shape index (κ2) is 6.33. The fourth-order valence-electron chi connectivity index (χ4n) is 3.71. The number of nitrogens with zero attached hydrogens (tertiary/aromatic N) is 3. The number of hydrogen-bond acceptors (Lipinski definition) is 3. The van der Waals surface area contributed by atoms with E-state index >= 15 is 0 Å². The van der Waals surface area contributed by atoms with Crippen LogP contribution in [0.15, 0.2) is 0 Å². The number of rotatable bonds is 4. The summed E-state index contributed by atoms with van der Waals surface area (Å²) in [4.78, 5) is 27.3. The van der Waals surface area contributed by atoms with Gasteiger partial charge >= 0.3 is 12.0 Å². The molecule has 116 valence electrons. The van der Waals surface area contributed by atoms with E-state index in [2.05, 4.69) is 6.07 Å². The van der Waals surface area contributed by atoms with E-state index in [-0.39, 0.29) is 17.9 Å². The summed E-state index contributed by atoms with van der Waals surface area (Å²) in [6.07, 6.45) is 2.97. The lowest BCUT2D eigenvalue weighted by Crippen LogP contribution is -2.50. The highest BCUT2D eigenvalue weighted by molar-refractivity contribution is 5.84. The van der Waals surface area contributed by atoms with Crippen LogP contribution in [0.4, 0.5) is 4.79 Å². The molecule has 1 N–H and O–H groups in total. The third-order valence-electron chi connectivity index (χ3n) is 4.76. The van der Waals surface area contributed by atoms with Gasteiger partial charge in [0.25, 0.3) is 0 Å². The number of amides is 2. The maximum Gasteiger partial charge on any atom is 0.326 e. The average molecular weight is 293 g/mol. The van der Waals surface area contributed by atoms with Gasteiger partial charge in [0.2, 0.25) is 0 Å². The van der Waals surface area contributed by atoms with Crippen LogP contribution in [0.1, 0.15) is 33.1 Å². The molecule has 1 heterocycles. The van der Waals surface area contributed by atoms with Crippen LogP contribution in [-0.4, -0.2) is 52.6 Å². The van der Waals surface area contributed by atoms with Gasteiger partial charge in [-0.1, -0.05) is 6.42 Å². The predicted molar refractivity (Wildman–Crippen MR) is 76.4 cm³/mol. The molecule has 2 aliphatic rings. The minimum Gasteiger partial charge on any atom is -0.480 e. The molecular formula is C15H23N3O3. The minimum atomic E-state index is -0.901. The van der Waals surface area contributed by atoms with Crippen molar-refractivity contribution in [3.63, 3.8) is 0 Å². The molecule has 1 aliphatic heterocycles. The third-order valence-corrected chi connectivity index (χ3v) is 4.76. The smallest absolute Gasteiger partial charge is 0.326 e. The molecule has 1 aliphatic carbocycles. The molecule has 0 aromatic rings. The first kappa shape index (κ1) is 15.6. The molecule has 4 atom stereocenters. The highest BCUT2D eigenvalue weighted by Crippen LogP contribution is 2.42. The van der Waals surface area contributed by atoms with Crippen molar-refractivity contribution in [3.05, 3.63) is 0 Å². The average Bonchev–Trinajstić information content (AvgIpc) is 3.03. The molecule has 1 saturated carbocycles. The van der Waals surface area contributed by atoms with Crippen molar-refractivity contribution in [2.45, 2.75) is 39.2 Å². The van der Waals surface area contributed by atoms with E-state index in [0.717, 1.165) is 19.3 Å². The van der Waals surface area contributed by atoms with E-state index in [1.165, 1.54) is 4.90 Å².